The lowest BCUT2D eigenvalue weighted by Gasteiger charge is -2.09. The molecular formula is C14H16FN3O2. The zero-order valence-electron chi connectivity index (χ0n) is 11.6. The summed E-state index contributed by atoms with van der Waals surface area (Å²) in [7, 11) is 3.31. The van der Waals surface area contributed by atoms with Gasteiger partial charge in [-0.05, 0) is 18.6 Å². The Labute approximate surface area is 116 Å². The highest BCUT2D eigenvalue weighted by molar-refractivity contribution is 5.39. The number of methoxy groups -OCH3 is 1. The summed E-state index contributed by atoms with van der Waals surface area (Å²) in [5.41, 5.74) is 0.566. The van der Waals surface area contributed by atoms with Gasteiger partial charge in [0.25, 0.3) is 0 Å². The van der Waals surface area contributed by atoms with Gasteiger partial charge in [-0.2, -0.15) is 4.98 Å². The van der Waals surface area contributed by atoms with E-state index >= 15 is 0 Å². The zero-order valence-corrected chi connectivity index (χ0v) is 11.6. The first-order valence-electron chi connectivity index (χ1n) is 6.11. The molecule has 0 unspecified atom stereocenters. The summed E-state index contributed by atoms with van der Waals surface area (Å²) in [5, 5.41) is 2.91. The monoisotopic (exact) mass is 277 g/mol. The maximum Gasteiger partial charge on any atom is 0.224 e. The maximum absolute atomic E-state index is 13.5. The van der Waals surface area contributed by atoms with Crippen molar-refractivity contribution in [1.82, 2.24) is 9.97 Å². The van der Waals surface area contributed by atoms with Crippen LogP contribution in [0.2, 0.25) is 0 Å². The van der Waals surface area contributed by atoms with Gasteiger partial charge in [-0.1, -0.05) is 6.07 Å². The van der Waals surface area contributed by atoms with Crippen molar-refractivity contribution in [2.75, 3.05) is 19.5 Å². The quantitative estimate of drug-likeness (QED) is 0.910. The normalized spacial score (nSPS) is 10.4. The Morgan fingerprint density at radius 1 is 1.25 bits per heavy atom. The number of hydrogen-bond donors (Lipinski definition) is 1. The van der Waals surface area contributed by atoms with E-state index in [1.165, 1.54) is 6.07 Å². The highest BCUT2D eigenvalue weighted by atomic mass is 19.1. The summed E-state index contributed by atoms with van der Waals surface area (Å²) in [6, 6.07) is 6.31. The third-order valence-corrected chi connectivity index (χ3v) is 2.64. The highest BCUT2D eigenvalue weighted by Crippen LogP contribution is 2.23. The molecule has 1 aromatic carbocycles. The first-order valence-corrected chi connectivity index (χ1v) is 6.11. The summed E-state index contributed by atoms with van der Waals surface area (Å²) < 4.78 is 24.0. The third-order valence-electron chi connectivity index (χ3n) is 2.64. The van der Waals surface area contributed by atoms with Crippen molar-refractivity contribution < 1.29 is 13.9 Å². The Kier molecular flexibility index (Phi) is 4.47. The van der Waals surface area contributed by atoms with E-state index in [4.69, 9.17) is 9.47 Å². The molecule has 0 radical (unpaired) electrons. The minimum atomic E-state index is -0.317. The van der Waals surface area contributed by atoms with Gasteiger partial charge in [0.2, 0.25) is 5.88 Å². The number of hydrogen-bond acceptors (Lipinski definition) is 5. The van der Waals surface area contributed by atoms with Crippen molar-refractivity contribution in [1.29, 1.82) is 0 Å². The molecule has 106 valence electrons. The Bertz CT molecular complexity index is 605. The van der Waals surface area contributed by atoms with Gasteiger partial charge in [0, 0.05) is 26.3 Å². The molecule has 1 heterocycles. The fraction of sp³-hybridized carbons (Fsp3) is 0.286. The van der Waals surface area contributed by atoms with Gasteiger partial charge in [-0.3, -0.25) is 0 Å². The zero-order chi connectivity index (χ0) is 14.5. The lowest BCUT2D eigenvalue weighted by Crippen LogP contribution is -2.03. The van der Waals surface area contributed by atoms with E-state index in [0.717, 1.165) is 0 Å². The van der Waals surface area contributed by atoms with Gasteiger partial charge in [0.05, 0.1) is 0 Å². The Balaban J connectivity index is 2.27. The summed E-state index contributed by atoms with van der Waals surface area (Å²) in [4.78, 5) is 8.41. The molecule has 0 atom stereocenters. The summed E-state index contributed by atoms with van der Waals surface area (Å²) in [6.45, 7) is 1.97. The van der Waals surface area contributed by atoms with E-state index in [9.17, 15) is 4.39 Å². The van der Waals surface area contributed by atoms with Crippen LogP contribution in [-0.2, 0) is 11.3 Å². The molecule has 0 saturated heterocycles. The number of halogens is 1. The SMILES string of the molecule is CNc1cc(Oc2ccc(C)c(F)c2)nc(COC)n1. The largest absolute Gasteiger partial charge is 0.439 e. The number of aryl methyl sites for hydroxylation is 1. The molecule has 2 aromatic rings. The molecule has 0 saturated carbocycles. The van der Waals surface area contributed by atoms with Crippen LogP contribution in [0.3, 0.4) is 0 Å². The molecule has 2 rings (SSSR count). The average Bonchev–Trinajstić information content (AvgIpc) is 2.43. The van der Waals surface area contributed by atoms with Crippen molar-refractivity contribution in [3.8, 4) is 11.6 Å². The number of benzene rings is 1. The molecule has 0 aliphatic heterocycles. The van der Waals surface area contributed by atoms with Gasteiger partial charge in [0.15, 0.2) is 5.82 Å². The minimum Gasteiger partial charge on any atom is -0.439 e. The van der Waals surface area contributed by atoms with Crippen molar-refractivity contribution in [3.63, 3.8) is 0 Å². The second-order valence-corrected chi connectivity index (χ2v) is 4.20. The highest BCUT2D eigenvalue weighted by Gasteiger charge is 2.07. The van der Waals surface area contributed by atoms with Crippen molar-refractivity contribution in [2.24, 2.45) is 0 Å². The second kappa shape index (κ2) is 6.29. The van der Waals surface area contributed by atoms with Crippen LogP contribution in [0.1, 0.15) is 11.4 Å². The van der Waals surface area contributed by atoms with Crippen LogP contribution < -0.4 is 10.1 Å². The first-order chi connectivity index (χ1) is 9.62. The number of nitrogens with one attached hydrogen (secondary N) is 1. The van der Waals surface area contributed by atoms with E-state index < -0.39 is 0 Å². The fourth-order valence-corrected chi connectivity index (χ4v) is 1.60. The number of aromatic nitrogens is 2. The van der Waals surface area contributed by atoms with Crippen LogP contribution in [0, 0.1) is 12.7 Å². The van der Waals surface area contributed by atoms with Crippen molar-refractivity contribution in [3.05, 3.63) is 41.5 Å². The lowest BCUT2D eigenvalue weighted by molar-refractivity contribution is 0.177. The molecule has 0 spiro atoms. The molecule has 20 heavy (non-hydrogen) atoms. The number of nitrogens with zero attached hydrogens (tertiary/aromatic N) is 2. The Hall–Kier alpha value is -2.21. The average molecular weight is 277 g/mol. The van der Waals surface area contributed by atoms with E-state index in [-0.39, 0.29) is 12.4 Å². The van der Waals surface area contributed by atoms with E-state index in [2.05, 4.69) is 15.3 Å². The number of anilines is 1. The van der Waals surface area contributed by atoms with Gasteiger partial charge >= 0.3 is 0 Å². The third kappa shape index (κ3) is 3.42. The smallest absolute Gasteiger partial charge is 0.224 e. The molecule has 0 amide bonds. The van der Waals surface area contributed by atoms with Crippen LogP contribution in [0.15, 0.2) is 24.3 Å². The maximum atomic E-state index is 13.5. The lowest BCUT2D eigenvalue weighted by atomic mass is 10.2. The van der Waals surface area contributed by atoms with Crippen LogP contribution in [-0.4, -0.2) is 24.1 Å². The molecule has 0 bridgehead atoms. The predicted octanol–water partition coefficient (Wildman–Crippen LogP) is 2.90. The fourth-order valence-electron chi connectivity index (χ4n) is 1.60. The minimum absolute atomic E-state index is 0.272. The summed E-state index contributed by atoms with van der Waals surface area (Å²) >= 11 is 0. The van der Waals surface area contributed by atoms with E-state index in [0.29, 0.717) is 28.8 Å². The Morgan fingerprint density at radius 2 is 2.05 bits per heavy atom. The van der Waals surface area contributed by atoms with Gasteiger partial charge in [-0.25, -0.2) is 9.37 Å². The molecule has 0 fully saturated rings. The molecule has 1 aromatic heterocycles. The molecule has 5 nitrogen and oxygen atoms in total. The van der Waals surface area contributed by atoms with E-state index in [1.54, 1.807) is 39.3 Å². The second-order valence-electron chi connectivity index (χ2n) is 4.20. The van der Waals surface area contributed by atoms with Crippen LogP contribution >= 0.6 is 0 Å². The molecule has 6 heteroatoms. The van der Waals surface area contributed by atoms with Crippen LogP contribution in [0.25, 0.3) is 0 Å². The topological polar surface area (TPSA) is 56.3 Å². The molecular weight excluding hydrogens is 261 g/mol. The summed E-state index contributed by atoms with van der Waals surface area (Å²) in [6.07, 6.45) is 0. The van der Waals surface area contributed by atoms with Gasteiger partial charge < -0.3 is 14.8 Å². The van der Waals surface area contributed by atoms with Crippen molar-refractivity contribution >= 4 is 5.82 Å². The molecule has 1 N–H and O–H groups in total. The van der Waals surface area contributed by atoms with Gasteiger partial charge in [0.1, 0.15) is 24.0 Å². The van der Waals surface area contributed by atoms with Gasteiger partial charge in [-0.15, -0.1) is 0 Å². The van der Waals surface area contributed by atoms with Crippen molar-refractivity contribution in [2.45, 2.75) is 13.5 Å². The Morgan fingerprint density at radius 3 is 2.70 bits per heavy atom. The first kappa shape index (κ1) is 14.2. The number of rotatable bonds is 5. The number of ether oxygens (including phenoxy) is 2. The standard InChI is InChI=1S/C14H16FN3O2/c1-9-4-5-10(6-11(9)15)20-14-7-12(16-2)17-13(18-14)8-19-3/h4-7H,8H2,1-3H3,(H,16,17,18). The van der Waals surface area contributed by atoms with Crippen LogP contribution in [0.5, 0.6) is 11.6 Å². The van der Waals surface area contributed by atoms with E-state index in [1.807, 2.05) is 0 Å². The molecule has 0 aliphatic carbocycles. The summed E-state index contributed by atoms with van der Waals surface area (Å²) in [5.74, 6) is 1.50. The van der Waals surface area contributed by atoms with Crippen LogP contribution in [0.4, 0.5) is 10.2 Å². The molecule has 0 aliphatic rings. The predicted molar refractivity (Wildman–Crippen MR) is 73.5 cm³/mol.